The molecule has 0 spiro atoms. The first-order valence-electron chi connectivity index (χ1n) is 6.24. The third kappa shape index (κ3) is 3.23. The van der Waals surface area contributed by atoms with Gasteiger partial charge in [-0.1, -0.05) is 0 Å². The molecule has 2 rings (SSSR count). The molecule has 1 fully saturated rings. The number of rotatable bonds is 4. The Hall–Kier alpha value is -1.18. The summed E-state index contributed by atoms with van der Waals surface area (Å²) in [5.74, 6) is 0.574. The van der Waals surface area contributed by atoms with Crippen LogP contribution in [0.15, 0.2) is 23.2 Å². The van der Waals surface area contributed by atoms with Crippen LogP contribution in [0.3, 0.4) is 0 Å². The first-order chi connectivity index (χ1) is 9.04. The Morgan fingerprint density at radius 1 is 1.53 bits per heavy atom. The predicted octanol–water partition coefficient (Wildman–Crippen LogP) is 0.711. The van der Waals surface area contributed by atoms with E-state index in [2.05, 4.69) is 4.98 Å². The van der Waals surface area contributed by atoms with Gasteiger partial charge in [0.15, 0.2) is 0 Å². The molecule has 0 radical (unpaired) electrons. The quantitative estimate of drug-likeness (QED) is 0.880. The number of nitrogen functional groups attached to an aromatic ring is 1. The van der Waals surface area contributed by atoms with Crippen molar-refractivity contribution in [2.75, 3.05) is 32.5 Å². The van der Waals surface area contributed by atoms with Crippen LogP contribution in [0, 0.1) is 5.92 Å². The highest BCUT2D eigenvalue weighted by Gasteiger charge is 2.30. The Morgan fingerprint density at radius 3 is 2.95 bits per heavy atom. The minimum atomic E-state index is -3.47. The second-order valence-electron chi connectivity index (χ2n) is 4.75. The number of aromatic nitrogens is 1. The third-order valence-electron chi connectivity index (χ3n) is 3.28. The van der Waals surface area contributed by atoms with Gasteiger partial charge in [0.05, 0.1) is 6.61 Å². The lowest BCUT2D eigenvalue weighted by molar-refractivity contribution is 0.118. The molecule has 1 aliphatic rings. The summed E-state index contributed by atoms with van der Waals surface area (Å²) in [4.78, 5) is 4.04. The molecule has 0 saturated carbocycles. The first kappa shape index (κ1) is 14.2. The van der Waals surface area contributed by atoms with Crippen molar-refractivity contribution < 1.29 is 13.2 Å². The second kappa shape index (κ2) is 5.85. The molecule has 1 aromatic heterocycles. The molecule has 6 nitrogen and oxygen atoms in total. The number of sulfonamides is 1. The first-order valence-corrected chi connectivity index (χ1v) is 7.68. The molecule has 1 atom stereocenters. The summed E-state index contributed by atoms with van der Waals surface area (Å²) in [6.07, 6.45) is 3.17. The van der Waals surface area contributed by atoms with E-state index in [1.165, 1.54) is 22.6 Å². The lowest BCUT2D eigenvalue weighted by atomic mass is 10.0. The van der Waals surface area contributed by atoms with E-state index in [1.54, 1.807) is 7.11 Å². The highest BCUT2D eigenvalue weighted by molar-refractivity contribution is 7.89. The third-order valence-corrected chi connectivity index (χ3v) is 5.13. The van der Waals surface area contributed by atoms with E-state index in [0.717, 1.165) is 12.8 Å². The van der Waals surface area contributed by atoms with E-state index in [-0.39, 0.29) is 10.8 Å². The number of ether oxygens (including phenoxy) is 1. The zero-order valence-corrected chi connectivity index (χ0v) is 11.8. The monoisotopic (exact) mass is 285 g/mol. The minimum Gasteiger partial charge on any atom is -0.384 e. The lowest BCUT2D eigenvalue weighted by Crippen LogP contribution is -2.41. The standard InChI is InChI=1S/C12H19N3O3S/c1-18-9-10-3-2-6-15(8-10)19(16,17)11-4-5-12(13)14-7-11/h4-5,7,10H,2-3,6,8-9H2,1H3,(H2,13,14). The van der Waals surface area contributed by atoms with Crippen LogP contribution in [0.2, 0.25) is 0 Å². The Morgan fingerprint density at radius 2 is 2.32 bits per heavy atom. The van der Waals surface area contributed by atoms with Gasteiger partial charge in [-0.15, -0.1) is 0 Å². The van der Waals surface area contributed by atoms with Crippen LogP contribution in [-0.2, 0) is 14.8 Å². The number of methoxy groups -OCH3 is 1. The maximum absolute atomic E-state index is 12.5. The maximum Gasteiger partial charge on any atom is 0.244 e. The molecule has 19 heavy (non-hydrogen) atoms. The molecular formula is C12H19N3O3S. The van der Waals surface area contributed by atoms with Crippen molar-refractivity contribution in [3.8, 4) is 0 Å². The minimum absolute atomic E-state index is 0.194. The number of nitrogens with zero attached hydrogens (tertiary/aromatic N) is 2. The van der Waals surface area contributed by atoms with E-state index in [4.69, 9.17) is 10.5 Å². The van der Waals surface area contributed by atoms with Crippen LogP contribution in [0.5, 0.6) is 0 Å². The predicted molar refractivity (Wildman–Crippen MR) is 72.0 cm³/mol. The summed E-state index contributed by atoms with van der Waals surface area (Å²) in [5.41, 5.74) is 5.47. The summed E-state index contributed by atoms with van der Waals surface area (Å²) >= 11 is 0. The fourth-order valence-corrected chi connectivity index (χ4v) is 3.81. The topological polar surface area (TPSA) is 85.5 Å². The number of piperidine rings is 1. The summed E-state index contributed by atoms with van der Waals surface area (Å²) in [6.45, 7) is 1.64. The molecule has 106 valence electrons. The number of pyridine rings is 1. The molecule has 0 aliphatic carbocycles. The Kier molecular flexibility index (Phi) is 4.38. The van der Waals surface area contributed by atoms with Gasteiger partial charge < -0.3 is 10.5 Å². The van der Waals surface area contributed by atoms with E-state index < -0.39 is 10.0 Å². The molecule has 1 aliphatic heterocycles. The van der Waals surface area contributed by atoms with Gasteiger partial charge >= 0.3 is 0 Å². The second-order valence-corrected chi connectivity index (χ2v) is 6.68. The summed E-state index contributed by atoms with van der Waals surface area (Å²) in [7, 11) is -1.83. The average Bonchev–Trinajstić information content (AvgIpc) is 2.40. The number of hydrogen-bond acceptors (Lipinski definition) is 5. The summed E-state index contributed by atoms with van der Waals surface area (Å²) in [5, 5.41) is 0. The summed E-state index contributed by atoms with van der Waals surface area (Å²) < 4.78 is 31.5. The van der Waals surface area contributed by atoms with Crippen LogP contribution in [-0.4, -0.2) is 44.5 Å². The van der Waals surface area contributed by atoms with E-state index in [9.17, 15) is 8.42 Å². The molecule has 2 N–H and O–H groups in total. The van der Waals surface area contributed by atoms with Crippen LogP contribution in [0.4, 0.5) is 5.82 Å². The fourth-order valence-electron chi connectivity index (χ4n) is 2.31. The Labute approximate surface area is 113 Å². The zero-order chi connectivity index (χ0) is 13.9. The molecule has 0 bridgehead atoms. The fraction of sp³-hybridized carbons (Fsp3) is 0.583. The molecule has 1 aromatic rings. The zero-order valence-electron chi connectivity index (χ0n) is 10.9. The van der Waals surface area contributed by atoms with Crippen LogP contribution in [0.1, 0.15) is 12.8 Å². The Bertz CT molecular complexity index is 514. The SMILES string of the molecule is COCC1CCCN(S(=O)(=O)c2ccc(N)nc2)C1. The number of hydrogen-bond donors (Lipinski definition) is 1. The maximum atomic E-state index is 12.5. The number of nitrogens with two attached hydrogens (primary N) is 1. The van der Waals surface area contributed by atoms with Gasteiger partial charge in [0.1, 0.15) is 10.7 Å². The van der Waals surface area contributed by atoms with Crippen LogP contribution < -0.4 is 5.73 Å². The normalized spacial score (nSPS) is 21.4. The van der Waals surface area contributed by atoms with Crippen LogP contribution >= 0.6 is 0 Å². The van der Waals surface area contributed by atoms with E-state index in [0.29, 0.717) is 25.5 Å². The van der Waals surface area contributed by atoms with Gasteiger partial charge in [-0.3, -0.25) is 0 Å². The molecule has 0 aromatic carbocycles. The van der Waals surface area contributed by atoms with Crippen molar-refractivity contribution in [3.05, 3.63) is 18.3 Å². The molecule has 0 amide bonds. The van der Waals surface area contributed by atoms with Gasteiger partial charge in [-0.25, -0.2) is 13.4 Å². The van der Waals surface area contributed by atoms with Gasteiger partial charge in [0, 0.05) is 26.4 Å². The van der Waals surface area contributed by atoms with E-state index >= 15 is 0 Å². The van der Waals surface area contributed by atoms with Crippen molar-refractivity contribution in [1.29, 1.82) is 0 Å². The van der Waals surface area contributed by atoms with Crippen molar-refractivity contribution in [1.82, 2.24) is 9.29 Å². The molecule has 7 heteroatoms. The van der Waals surface area contributed by atoms with Crippen LogP contribution in [0.25, 0.3) is 0 Å². The van der Waals surface area contributed by atoms with Gasteiger partial charge in [0.2, 0.25) is 10.0 Å². The smallest absolute Gasteiger partial charge is 0.244 e. The molecule has 2 heterocycles. The number of anilines is 1. The molecular weight excluding hydrogens is 266 g/mol. The highest BCUT2D eigenvalue weighted by Crippen LogP contribution is 2.23. The Balaban J connectivity index is 2.17. The lowest BCUT2D eigenvalue weighted by Gasteiger charge is -2.31. The largest absolute Gasteiger partial charge is 0.384 e. The molecule has 1 unspecified atom stereocenters. The van der Waals surface area contributed by atoms with Gasteiger partial charge in [-0.2, -0.15) is 4.31 Å². The van der Waals surface area contributed by atoms with Crippen molar-refractivity contribution in [3.63, 3.8) is 0 Å². The van der Waals surface area contributed by atoms with Gasteiger partial charge in [-0.05, 0) is 30.9 Å². The average molecular weight is 285 g/mol. The van der Waals surface area contributed by atoms with E-state index in [1.807, 2.05) is 0 Å². The molecule has 1 saturated heterocycles. The van der Waals surface area contributed by atoms with Crippen molar-refractivity contribution >= 4 is 15.8 Å². The van der Waals surface area contributed by atoms with Crippen molar-refractivity contribution in [2.24, 2.45) is 5.92 Å². The summed E-state index contributed by atoms with van der Waals surface area (Å²) in [6, 6.07) is 3.00. The van der Waals surface area contributed by atoms with Gasteiger partial charge in [0.25, 0.3) is 0 Å². The van der Waals surface area contributed by atoms with Crippen molar-refractivity contribution in [2.45, 2.75) is 17.7 Å². The highest BCUT2D eigenvalue weighted by atomic mass is 32.2.